The van der Waals surface area contributed by atoms with E-state index in [1.165, 1.54) is 12.1 Å². The maximum atomic E-state index is 12.7. The monoisotopic (exact) mass is 246 g/mol. The molecule has 0 saturated heterocycles. The largest absolute Gasteiger partial charge is 0.487 e. The first-order valence-corrected chi connectivity index (χ1v) is 5.85. The molecule has 1 aromatic carbocycles. The first kappa shape index (κ1) is 12.4. The van der Waals surface area contributed by atoms with Crippen LogP contribution in [-0.2, 0) is 6.61 Å². The number of ether oxygens (including phenoxy) is 1. The van der Waals surface area contributed by atoms with E-state index >= 15 is 0 Å². The van der Waals surface area contributed by atoms with E-state index < -0.39 is 0 Å². The third-order valence-electron chi connectivity index (χ3n) is 2.40. The van der Waals surface area contributed by atoms with Crippen molar-refractivity contribution in [3.05, 3.63) is 54.1 Å². The number of benzene rings is 1. The van der Waals surface area contributed by atoms with Gasteiger partial charge in [-0.2, -0.15) is 0 Å². The molecular formula is C14H15FN2O. The summed E-state index contributed by atoms with van der Waals surface area (Å²) in [6.07, 6.45) is 1.74. The highest BCUT2D eigenvalue weighted by atomic mass is 19.1. The third kappa shape index (κ3) is 3.45. The highest BCUT2D eigenvalue weighted by Gasteiger charge is 1.99. The van der Waals surface area contributed by atoms with Crippen LogP contribution in [0.4, 0.5) is 10.1 Å². The van der Waals surface area contributed by atoms with Crippen molar-refractivity contribution in [2.24, 2.45) is 0 Å². The van der Waals surface area contributed by atoms with Crippen molar-refractivity contribution in [2.75, 3.05) is 11.9 Å². The van der Waals surface area contributed by atoms with E-state index in [1.54, 1.807) is 18.3 Å². The lowest BCUT2D eigenvalue weighted by atomic mass is 10.3. The Bertz CT molecular complexity index is 499. The van der Waals surface area contributed by atoms with Crippen molar-refractivity contribution < 1.29 is 9.13 Å². The van der Waals surface area contributed by atoms with Crippen LogP contribution >= 0.6 is 0 Å². The predicted molar refractivity (Wildman–Crippen MR) is 69.1 cm³/mol. The van der Waals surface area contributed by atoms with Gasteiger partial charge in [-0.3, -0.25) is 4.98 Å². The standard InChI is InChI=1S/C14H15FN2O/c1-2-16-12-7-8-17-13(9-12)10-18-14-5-3-11(15)4-6-14/h3-9H,2,10H2,1H3,(H,16,17). The summed E-state index contributed by atoms with van der Waals surface area (Å²) in [5, 5.41) is 3.21. The number of nitrogens with zero attached hydrogens (tertiary/aromatic N) is 1. The number of hydrogen-bond donors (Lipinski definition) is 1. The minimum atomic E-state index is -0.269. The number of hydrogen-bond acceptors (Lipinski definition) is 3. The zero-order valence-electron chi connectivity index (χ0n) is 10.2. The SMILES string of the molecule is CCNc1ccnc(COc2ccc(F)cc2)c1. The number of aromatic nitrogens is 1. The van der Waals surface area contributed by atoms with Crippen molar-refractivity contribution in [1.82, 2.24) is 4.98 Å². The van der Waals surface area contributed by atoms with Crippen LogP contribution in [-0.4, -0.2) is 11.5 Å². The minimum absolute atomic E-state index is 0.269. The fourth-order valence-electron chi connectivity index (χ4n) is 1.56. The second-order valence-corrected chi connectivity index (χ2v) is 3.81. The van der Waals surface area contributed by atoms with Gasteiger partial charge in [-0.1, -0.05) is 0 Å². The smallest absolute Gasteiger partial charge is 0.130 e. The van der Waals surface area contributed by atoms with E-state index in [-0.39, 0.29) is 5.82 Å². The quantitative estimate of drug-likeness (QED) is 0.879. The molecule has 0 amide bonds. The Kier molecular flexibility index (Phi) is 4.12. The van der Waals surface area contributed by atoms with Gasteiger partial charge in [0.25, 0.3) is 0 Å². The summed E-state index contributed by atoms with van der Waals surface area (Å²) in [6, 6.07) is 9.79. The van der Waals surface area contributed by atoms with E-state index in [9.17, 15) is 4.39 Å². The molecule has 0 saturated carbocycles. The van der Waals surface area contributed by atoms with Crippen LogP contribution in [0.2, 0.25) is 0 Å². The fourth-order valence-corrected chi connectivity index (χ4v) is 1.56. The second kappa shape index (κ2) is 6.00. The normalized spacial score (nSPS) is 10.1. The lowest BCUT2D eigenvalue weighted by molar-refractivity contribution is 0.301. The molecule has 0 aliphatic carbocycles. The number of anilines is 1. The number of halogens is 1. The van der Waals surface area contributed by atoms with Crippen molar-refractivity contribution in [1.29, 1.82) is 0 Å². The molecule has 0 bridgehead atoms. The molecule has 1 heterocycles. The molecule has 0 atom stereocenters. The Labute approximate surface area is 106 Å². The number of nitrogens with one attached hydrogen (secondary N) is 1. The van der Waals surface area contributed by atoms with Gasteiger partial charge in [-0.05, 0) is 43.3 Å². The topological polar surface area (TPSA) is 34.2 Å². The Morgan fingerprint density at radius 3 is 2.72 bits per heavy atom. The minimum Gasteiger partial charge on any atom is -0.487 e. The molecule has 0 aliphatic heterocycles. The first-order chi connectivity index (χ1) is 8.78. The average Bonchev–Trinajstić information content (AvgIpc) is 2.39. The van der Waals surface area contributed by atoms with E-state index in [1.807, 2.05) is 19.1 Å². The summed E-state index contributed by atoms with van der Waals surface area (Å²) >= 11 is 0. The molecule has 0 unspecified atom stereocenters. The van der Waals surface area contributed by atoms with Crippen molar-refractivity contribution in [3.63, 3.8) is 0 Å². The van der Waals surface area contributed by atoms with Crippen molar-refractivity contribution >= 4 is 5.69 Å². The van der Waals surface area contributed by atoms with Gasteiger partial charge in [0.15, 0.2) is 0 Å². The molecular weight excluding hydrogens is 231 g/mol. The summed E-state index contributed by atoms with van der Waals surface area (Å²) < 4.78 is 18.2. The molecule has 3 nitrogen and oxygen atoms in total. The zero-order valence-corrected chi connectivity index (χ0v) is 10.2. The van der Waals surface area contributed by atoms with Crippen LogP contribution in [0.25, 0.3) is 0 Å². The Morgan fingerprint density at radius 1 is 1.22 bits per heavy atom. The van der Waals surface area contributed by atoms with E-state index in [0.717, 1.165) is 17.9 Å². The number of rotatable bonds is 5. The van der Waals surface area contributed by atoms with Gasteiger partial charge in [-0.15, -0.1) is 0 Å². The maximum Gasteiger partial charge on any atom is 0.130 e. The van der Waals surface area contributed by atoms with Gasteiger partial charge in [-0.25, -0.2) is 4.39 Å². The predicted octanol–water partition coefficient (Wildman–Crippen LogP) is 3.23. The van der Waals surface area contributed by atoms with E-state index in [2.05, 4.69) is 10.3 Å². The Balaban J connectivity index is 1.97. The fraction of sp³-hybridized carbons (Fsp3) is 0.214. The van der Waals surface area contributed by atoms with Crippen LogP contribution in [0.5, 0.6) is 5.75 Å². The van der Waals surface area contributed by atoms with Gasteiger partial charge < -0.3 is 10.1 Å². The summed E-state index contributed by atoms with van der Waals surface area (Å²) in [5.74, 6) is 0.363. The molecule has 0 spiro atoms. The first-order valence-electron chi connectivity index (χ1n) is 5.85. The van der Waals surface area contributed by atoms with Gasteiger partial charge in [0.1, 0.15) is 18.2 Å². The molecule has 18 heavy (non-hydrogen) atoms. The average molecular weight is 246 g/mol. The molecule has 0 radical (unpaired) electrons. The summed E-state index contributed by atoms with van der Waals surface area (Å²) in [5.41, 5.74) is 1.85. The van der Waals surface area contributed by atoms with Crippen molar-refractivity contribution in [2.45, 2.75) is 13.5 Å². The van der Waals surface area contributed by atoms with Crippen LogP contribution in [0.15, 0.2) is 42.6 Å². The highest BCUT2D eigenvalue weighted by Crippen LogP contribution is 2.14. The van der Waals surface area contributed by atoms with Gasteiger partial charge in [0, 0.05) is 18.4 Å². The van der Waals surface area contributed by atoms with Gasteiger partial charge >= 0.3 is 0 Å². The van der Waals surface area contributed by atoms with Crippen LogP contribution in [0, 0.1) is 5.82 Å². The summed E-state index contributed by atoms with van der Waals surface area (Å²) in [4.78, 5) is 4.22. The van der Waals surface area contributed by atoms with E-state index in [4.69, 9.17) is 4.74 Å². The number of pyridine rings is 1. The molecule has 0 aliphatic rings. The Hall–Kier alpha value is -2.10. The van der Waals surface area contributed by atoms with Crippen LogP contribution < -0.4 is 10.1 Å². The van der Waals surface area contributed by atoms with E-state index in [0.29, 0.717) is 12.4 Å². The molecule has 2 aromatic rings. The zero-order chi connectivity index (χ0) is 12.8. The van der Waals surface area contributed by atoms with Crippen LogP contribution in [0.3, 0.4) is 0 Å². The Morgan fingerprint density at radius 2 is 2.00 bits per heavy atom. The molecule has 4 heteroatoms. The third-order valence-corrected chi connectivity index (χ3v) is 2.40. The second-order valence-electron chi connectivity index (χ2n) is 3.81. The highest BCUT2D eigenvalue weighted by molar-refractivity contribution is 5.42. The lowest BCUT2D eigenvalue weighted by Crippen LogP contribution is -2.01. The van der Waals surface area contributed by atoms with Crippen molar-refractivity contribution in [3.8, 4) is 5.75 Å². The molecule has 94 valence electrons. The van der Waals surface area contributed by atoms with Gasteiger partial charge in [0.05, 0.1) is 5.69 Å². The maximum absolute atomic E-state index is 12.7. The molecule has 1 N–H and O–H groups in total. The van der Waals surface area contributed by atoms with Crippen LogP contribution in [0.1, 0.15) is 12.6 Å². The summed E-state index contributed by atoms with van der Waals surface area (Å²) in [6.45, 7) is 3.27. The van der Waals surface area contributed by atoms with Gasteiger partial charge in [0.2, 0.25) is 0 Å². The summed E-state index contributed by atoms with van der Waals surface area (Å²) in [7, 11) is 0. The molecule has 0 fully saturated rings. The molecule has 1 aromatic heterocycles. The molecule has 2 rings (SSSR count). The lowest BCUT2D eigenvalue weighted by Gasteiger charge is -2.07.